The summed E-state index contributed by atoms with van der Waals surface area (Å²) in [5.41, 5.74) is 0. The quantitative estimate of drug-likeness (QED) is 0.679. The van der Waals surface area contributed by atoms with Gasteiger partial charge < -0.3 is 10.0 Å². The minimum absolute atomic E-state index is 0.225. The van der Waals surface area contributed by atoms with Gasteiger partial charge in [-0.05, 0) is 25.5 Å². The van der Waals surface area contributed by atoms with E-state index in [1.807, 2.05) is 12.1 Å². The molecule has 4 nitrogen and oxygen atoms in total. The lowest BCUT2D eigenvalue weighted by molar-refractivity contribution is 0.195. The van der Waals surface area contributed by atoms with Crippen molar-refractivity contribution in [1.82, 2.24) is 10.2 Å². The highest BCUT2D eigenvalue weighted by molar-refractivity contribution is 5.39. The fourth-order valence-corrected chi connectivity index (χ4v) is 1.77. The highest BCUT2D eigenvalue weighted by atomic mass is 16.3. The summed E-state index contributed by atoms with van der Waals surface area (Å²) < 4.78 is 0. The van der Waals surface area contributed by atoms with Crippen LogP contribution in [0.2, 0.25) is 0 Å². The summed E-state index contributed by atoms with van der Waals surface area (Å²) in [7, 11) is 0. The molecule has 1 aromatic rings. The Bertz CT molecular complexity index is 277. The molecule has 0 bridgehead atoms. The van der Waals surface area contributed by atoms with E-state index in [4.69, 9.17) is 0 Å². The van der Waals surface area contributed by atoms with Crippen LogP contribution in [0.3, 0.4) is 0 Å². The van der Waals surface area contributed by atoms with Gasteiger partial charge >= 0.3 is 0 Å². The van der Waals surface area contributed by atoms with Crippen LogP contribution in [0.1, 0.15) is 13.3 Å². The van der Waals surface area contributed by atoms with Crippen LogP contribution in [-0.4, -0.2) is 34.0 Å². The first-order chi connectivity index (χ1) is 6.27. The highest BCUT2D eigenvalue weighted by Crippen LogP contribution is 2.22. The maximum absolute atomic E-state index is 9.44. The number of hydrogen-bond acceptors (Lipinski definition) is 4. The van der Waals surface area contributed by atoms with Gasteiger partial charge in [-0.1, -0.05) is 0 Å². The molecule has 1 N–H and O–H groups in total. The molecule has 4 heteroatoms. The molecule has 2 heterocycles. The predicted molar refractivity (Wildman–Crippen MR) is 49.5 cm³/mol. The largest absolute Gasteiger partial charge is 0.391 e. The summed E-state index contributed by atoms with van der Waals surface area (Å²) in [6, 6.07) is 4.13. The van der Waals surface area contributed by atoms with Gasteiger partial charge in [-0.3, -0.25) is 0 Å². The van der Waals surface area contributed by atoms with Crippen LogP contribution in [0.4, 0.5) is 5.82 Å². The van der Waals surface area contributed by atoms with Gasteiger partial charge in [0.1, 0.15) is 0 Å². The first-order valence-electron chi connectivity index (χ1n) is 4.50. The number of rotatable bonds is 1. The number of nitrogens with zero attached hydrogens (tertiary/aromatic N) is 3. The fourth-order valence-electron chi connectivity index (χ4n) is 1.77. The van der Waals surface area contributed by atoms with Crippen molar-refractivity contribution in [3.8, 4) is 0 Å². The number of aliphatic hydroxyl groups is 1. The Morgan fingerprint density at radius 3 is 3.00 bits per heavy atom. The Kier molecular flexibility index (Phi) is 2.14. The molecule has 2 unspecified atom stereocenters. The van der Waals surface area contributed by atoms with E-state index in [2.05, 4.69) is 22.0 Å². The Balaban J connectivity index is 2.18. The van der Waals surface area contributed by atoms with E-state index >= 15 is 0 Å². The Labute approximate surface area is 77.2 Å². The maximum Gasteiger partial charge on any atom is 0.151 e. The molecule has 0 aromatic carbocycles. The van der Waals surface area contributed by atoms with Crippen molar-refractivity contribution in [2.24, 2.45) is 0 Å². The van der Waals surface area contributed by atoms with Gasteiger partial charge in [0.2, 0.25) is 0 Å². The van der Waals surface area contributed by atoms with Crippen LogP contribution in [-0.2, 0) is 0 Å². The van der Waals surface area contributed by atoms with Crippen molar-refractivity contribution in [3.63, 3.8) is 0 Å². The van der Waals surface area contributed by atoms with Crippen LogP contribution in [0.5, 0.6) is 0 Å². The molecule has 0 spiro atoms. The summed E-state index contributed by atoms with van der Waals surface area (Å²) in [6.45, 7) is 2.75. The monoisotopic (exact) mass is 179 g/mol. The second-order valence-corrected chi connectivity index (χ2v) is 3.47. The van der Waals surface area contributed by atoms with Crippen LogP contribution in [0.25, 0.3) is 0 Å². The zero-order valence-electron chi connectivity index (χ0n) is 7.59. The van der Waals surface area contributed by atoms with Gasteiger partial charge in [0, 0.05) is 18.8 Å². The van der Waals surface area contributed by atoms with Crippen molar-refractivity contribution < 1.29 is 5.11 Å². The standard InChI is InChI=1S/C9H13N3O/c1-7-5-8(13)6-12(7)9-3-2-4-10-11-9/h2-4,7-8,13H,5-6H2,1H3. The van der Waals surface area contributed by atoms with Crippen molar-refractivity contribution in [3.05, 3.63) is 18.3 Å². The van der Waals surface area contributed by atoms with Gasteiger partial charge in [-0.25, -0.2) is 0 Å². The SMILES string of the molecule is CC1CC(O)CN1c1cccnn1. The zero-order valence-corrected chi connectivity index (χ0v) is 7.59. The summed E-state index contributed by atoms with van der Waals surface area (Å²) in [4.78, 5) is 2.08. The van der Waals surface area contributed by atoms with E-state index in [0.29, 0.717) is 12.6 Å². The van der Waals surface area contributed by atoms with Crippen LogP contribution < -0.4 is 4.90 Å². The first kappa shape index (κ1) is 8.44. The molecule has 1 fully saturated rings. The lowest BCUT2D eigenvalue weighted by Gasteiger charge is -2.20. The lowest BCUT2D eigenvalue weighted by Crippen LogP contribution is -2.28. The molecule has 70 valence electrons. The van der Waals surface area contributed by atoms with Gasteiger partial charge in [0.05, 0.1) is 6.10 Å². The van der Waals surface area contributed by atoms with Crippen molar-refractivity contribution in [2.45, 2.75) is 25.5 Å². The molecule has 0 radical (unpaired) electrons. The van der Waals surface area contributed by atoms with Crippen LogP contribution in [0.15, 0.2) is 18.3 Å². The van der Waals surface area contributed by atoms with Crippen molar-refractivity contribution in [2.75, 3.05) is 11.4 Å². The fraction of sp³-hybridized carbons (Fsp3) is 0.556. The van der Waals surface area contributed by atoms with E-state index in [1.165, 1.54) is 0 Å². The second-order valence-electron chi connectivity index (χ2n) is 3.47. The van der Waals surface area contributed by atoms with Gasteiger partial charge in [0.25, 0.3) is 0 Å². The predicted octanol–water partition coefficient (Wildman–Crippen LogP) is 0.436. The summed E-state index contributed by atoms with van der Waals surface area (Å²) >= 11 is 0. The zero-order chi connectivity index (χ0) is 9.26. The van der Waals surface area contributed by atoms with E-state index in [1.54, 1.807) is 6.20 Å². The van der Waals surface area contributed by atoms with Gasteiger partial charge in [-0.2, -0.15) is 5.10 Å². The molecule has 1 aromatic heterocycles. The number of hydrogen-bond donors (Lipinski definition) is 1. The number of aromatic nitrogens is 2. The van der Waals surface area contributed by atoms with Gasteiger partial charge in [-0.15, -0.1) is 5.10 Å². The molecule has 0 saturated carbocycles. The van der Waals surface area contributed by atoms with Crippen LogP contribution in [0, 0.1) is 0 Å². The summed E-state index contributed by atoms with van der Waals surface area (Å²) in [5.74, 6) is 0.853. The second kappa shape index (κ2) is 3.30. The normalized spacial score (nSPS) is 28.0. The van der Waals surface area contributed by atoms with Crippen LogP contribution >= 0.6 is 0 Å². The minimum Gasteiger partial charge on any atom is -0.391 e. The smallest absolute Gasteiger partial charge is 0.151 e. The molecule has 1 aliphatic rings. The molecule has 2 atom stereocenters. The molecule has 0 aliphatic carbocycles. The molecule has 1 saturated heterocycles. The minimum atomic E-state index is -0.225. The van der Waals surface area contributed by atoms with E-state index < -0.39 is 0 Å². The van der Waals surface area contributed by atoms with Gasteiger partial charge in [0.15, 0.2) is 5.82 Å². The lowest BCUT2D eigenvalue weighted by atomic mass is 10.2. The number of aliphatic hydroxyl groups excluding tert-OH is 1. The third-order valence-electron chi connectivity index (χ3n) is 2.41. The molecule has 1 aliphatic heterocycles. The van der Waals surface area contributed by atoms with Crippen molar-refractivity contribution >= 4 is 5.82 Å². The average molecular weight is 179 g/mol. The van der Waals surface area contributed by atoms with Crippen molar-refractivity contribution in [1.29, 1.82) is 0 Å². The van der Waals surface area contributed by atoms with E-state index in [9.17, 15) is 5.11 Å². The average Bonchev–Trinajstić information content (AvgIpc) is 2.47. The molecule has 13 heavy (non-hydrogen) atoms. The third kappa shape index (κ3) is 1.62. The summed E-state index contributed by atoms with van der Waals surface area (Å²) in [5, 5.41) is 17.3. The topological polar surface area (TPSA) is 49.2 Å². The molecular weight excluding hydrogens is 166 g/mol. The first-order valence-corrected chi connectivity index (χ1v) is 4.50. The Morgan fingerprint density at radius 2 is 2.46 bits per heavy atom. The summed E-state index contributed by atoms with van der Waals surface area (Å²) in [6.07, 6.45) is 2.24. The van der Waals surface area contributed by atoms with E-state index in [0.717, 1.165) is 12.2 Å². The van der Waals surface area contributed by atoms with E-state index in [-0.39, 0.29) is 6.10 Å². The number of anilines is 1. The molecular formula is C9H13N3O. The maximum atomic E-state index is 9.44. The highest BCUT2D eigenvalue weighted by Gasteiger charge is 2.28. The Hall–Kier alpha value is -1.16. The molecule has 2 rings (SSSR count). The Morgan fingerprint density at radius 1 is 1.62 bits per heavy atom. The number of β-amino-alcohol motifs (C(OH)–C–C–N with tert-alkyl or cyclic N) is 1. The molecule has 0 amide bonds. The third-order valence-corrected chi connectivity index (χ3v) is 2.41.